The first kappa shape index (κ1) is 16.9. The molecule has 0 radical (unpaired) electrons. The third kappa shape index (κ3) is 5.67. The summed E-state index contributed by atoms with van der Waals surface area (Å²) < 4.78 is 36.9. The van der Waals surface area contributed by atoms with Gasteiger partial charge in [-0.05, 0) is 42.3 Å². The molecule has 6 heteroatoms. The number of carboxylic acids is 1. The maximum Gasteiger partial charge on any atom is 0.329 e. The van der Waals surface area contributed by atoms with Crippen LogP contribution >= 0.6 is 0 Å². The van der Waals surface area contributed by atoms with Gasteiger partial charge in [0, 0.05) is 5.56 Å². The van der Waals surface area contributed by atoms with E-state index in [2.05, 4.69) is 0 Å². The van der Waals surface area contributed by atoms with Crippen molar-refractivity contribution in [2.24, 2.45) is 0 Å². The normalized spacial score (nSPS) is 10.5. The van der Waals surface area contributed by atoms with Crippen LogP contribution in [0.15, 0.2) is 42.5 Å². The minimum Gasteiger partial charge on any atom is -0.489 e. The molecular formula is C17H16F2O4. The molecule has 0 atom stereocenters. The lowest BCUT2D eigenvalue weighted by molar-refractivity contribution is -0.142. The van der Waals surface area contributed by atoms with Crippen LogP contribution in [0.4, 0.5) is 8.78 Å². The van der Waals surface area contributed by atoms with Crippen LogP contribution in [0.3, 0.4) is 0 Å². The maximum atomic E-state index is 13.5. The molecule has 2 aromatic carbocycles. The first-order valence-electron chi connectivity index (χ1n) is 7.00. The van der Waals surface area contributed by atoms with Crippen LogP contribution in [-0.4, -0.2) is 24.3 Å². The highest BCUT2D eigenvalue weighted by Gasteiger charge is 2.05. The lowest BCUT2D eigenvalue weighted by Crippen LogP contribution is -2.09. The molecular weight excluding hydrogens is 306 g/mol. The molecule has 0 saturated heterocycles. The summed E-state index contributed by atoms with van der Waals surface area (Å²) in [4.78, 5) is 10.3. The second kappa shape index (κ2) is 8.24. The Morgan fingerprint density at radius 1 is 1.09 bits per heavy atom. The Kier molecular flexibility index (Phi) is 6.05. The van der Waals surface area contributed by atoms with Gasteiger partial charge in [-0.25, -0.2) is 13.6 Å². The standard InChI is InChI=1S/C17H16F2O4/c18-14-3-6-16(19)13(9-14)10-23-15-4-1-12(2-5-15)7-8-22-11-17(20)21/h1-6,9H,7-8,10-11H2,(H,20,21). The monoisotopic (exact) mass is 322 g/mol. The van der Waals surface area contributed by atoms with Crippen molar-refractivity contribution in [3.63, 3.8) is 0 Å². The first-order valence-corrected chi connectivity index (χ1v) is 7.00. The van der Waals surface area contributed by atoms with E-state index in [1.54, 1.807) is 24.3 Å². The zero-order valence-corrected chi connectivity index (χ0v) is 12.3. The van der Waals surface area contributed by atoms with E-state index in [1.807, 2.05) is 0 Å². The van der Waals surface area contributed by atoms with E-state index in [4.69, 9.17) is 14.6 Å². The van der Waals surface area contributed by atoms with Gasteiger partial charge < -0.3 is 14.6 Å². The third-order valence-corrected chi connectivity index (χ3v) is 3.09. The van der Waals surface area contributed by atoms with Gasteiger partial charge in [0.25, 0.3) is 0 Å². The van der Waals surface area contributed by atoms with Crippen LogP contribution in [0, 0.1) is 11.6 Å². The fourth-order valence-corrected chi connectivity index (χ4v) is 1.92. The molecule has 0 amide bonds. The Hall–Kier alpha value is -2.47. The van der Waals surface area contributed by atoms with Crippen LogP contribution in [0.2, 0.25) is 0 Å². The number of halogens is 2. The minimum atomic E-state index is -1.00. The Bertz CT molecular complexity index is 656. The lowest BCUT2D eigenvalue weighted by Gasteiger charge is -2.08. The molecule has 0 heterocycles. The molecule has 2 rings (SSSR count). The van der Waals surface area contributed by atoms with Gasteiger partial charge in [-0.1, -0.05) is 12.1 Å². The molecule has 0 unspecified atom stereocenters. The quantitative estimate of drug-likeness (QED) is 0.758. The maximum absolute atomic E-state index is 13.5. The summed E-state index contributed by atoms with van der Waals surface area (Å²) in [6, 6.07) is 10.3. The SMILES string of the molecule is O=C(O)COCCc1ccc(OCc2cc(F)ccc2F)cc1. The summed E-state index contributed by atoms with van der Waals surface area (Å²) in [5.74, 6) is -1.50. The smallest absolute Gasteiger partial charge is 0.329 e. The van der Waals surface area contributed by atoms with Crippen molar-refractivity contribution in [1.82, 2.24) is 0 Å². The fourth-order valence-electron chi connectivity index (χ4n) is 1.92. The van der Waals surface area contributed by atoms with E-state index in [9.17, 15) is 13.6 Å². The predicted octanol–water partition coefficient (Wildman–Crippen LogP) is 3.19. The van der Waals surface area contributed by atoms with Crippen LogP contribution in [0.1, 0.15) is 11.1 Å². The predicted molar refractivity (Wildman–Crippen MR) is 79.3 cm³/mol. The van der Waals surface area contributed by atoms with E-state index in [0.717, 1.165) is 23.8 Å². The molecule has 0 spiro atoms. The van der Waals surface area contributed by atoms with Gasteiger partial charge in [-0.3, -0.25) is 0 Å². The summed E-state index contributed by atoms with van der Waals surface area (Å²) in [6.45, 7) is -0.0773. The van der Waals surface area contributed by atoms with Crippen LogP contribution in [-0.2, 0) is 22.6 Å². The van der Waals surface area contributed by atoms with Gasteiger partial charge in [0.15, 0.2) is 0 Å². The van der Waals surface area contributed by atoms with Gasteiger partial charge in [0.05, 0.1) is 6.61 Å². The Morgan fingerprint density at radius 2 is 1.83 bits per heavy atom. The zero-order chi connectivity index (χ0) is 16.7. The fraction of sp³-hybridized carbons (Fsp3) is 0.235. The molecule has 0 aliphatic carbocycles. The number of aliphatic carboxylic acids is 1. The third-order valence-electron chi connectivity index (χ3n) is 3.09. The van der Waals surface area contributed by atoms with Gasteiger partial charge >= 0.3 is 5.97 Å². The molecule has 23 heavy (non-hydrogen) atoms. The van der Waals surface area contributed by atoms with Crippen LogP contribution < -0.4 is 4.74 Å². The summed E-state index contributed by atoms with van der Waals surface area (Å²) in [5, 5.41) is 8.45. The topological polar surface area (TPSA) is 55.8 Å². The molecule has 0 aliphatic heterocycles. The van der Waals surface area contributed by atoms with Crippen molar-refractivity contribution >= 4 is 5.97 Å². The van der Waals surface area contributed by atoms with Crippen LogP contribution in [0.5, 0.6) is 5.75 Å². The molecule has 0 fully saturated rings. The highest BCUT2D eigenvalue weighted by molar-refractivity contribution is 5.67. The largest absolute Gasteiger partial charge is 0.489 e. The van der Waals surface area contributed by atoms with Crippen LogP contribution in [0.25, 0.3) is 0 Å². The molecule has 122 valence electrons. The minimum absolute atomic E-state index is 0.0648. The number of rotatable bonds is 8. The molecule has 0 saturated carbocycles. The number of hydrogen-bond donors (Lipinski definition) is 1. The summed E-state index contributed by atoms with van der Waals surface area (Å²) in [7, 11) is 0. The van der Waals surface area contributed by atoms with Gasteiger partial charge in [0.1, 0.15) is 30.6 Å². The zero-order valence-electron chi connectivity index (χ0n) is 12.3. The Balaban J connectivity index is 1.83. The molecule has 0 bridgehead atoms. The van der Waals surface area contributed by atoms with E-state index in [-0.39, 0.29) is 18.8 Å². The van der Waals surface area contributed by atoms with E-state index in [0.29, 0.717) is 18.8 Å². The summed E-state index contributed by atoms with van der Waals surface area (Å²) >= 11 is 0. The highest BCUT2D eigenvalue weighted by atomic mass is 19.1. The van der Waals surface area contributed by atoms with Gasteiger partial charge in [-0.2, -0.15) is 0 Å². The number of ether oxygens (including phenoxy) is 2. The highest BCUT2D eigenvalue weighted by Crippen LogP contribution is 2.16. The number of carboxylic acid groups (broad SMARTS) is 1. The van der Waals surface area contributed by atoms with E-state index >= 15 is 0 Å². The van der Waals surface area contributed by atoms with Gasteiger partial charge in [0.2, 0.25) is 0 Å². The van der Waals surface area contributed by atoms with Crippen molar-refractivity contribution in [1.29, 1.82) is 0 Å². The molecule has 2 aromatic rings. The summed E-state index contributed by atoms with van der Waals surface area (Å²) in [5.41, 5.74) is 1.11. The number of carbonyl (C=O) groups is 1. The first-order chi connectivity index (χ1) is 11.0. The van der Waals surface area contributed by atoms with E-state index in [1.165, 1.54) is 0 Å². The van der Waals surface area contributed by atoms with Gasteiger partial charge in [-0.15, -0.1) is 0 Å². The van der Waals surface area contributed by atoms with Crippen molar-refractivity contribution in [2.75, 3.05) is 13.2 Å². The van der Waals surface area contributed by atoms with E-state index < -0.39 is 17.6 Å². The number of benzene rings is 2. The second-order valence-corrected chi connectivity index (χ2v) is 4.86. The average molecular weight is 322 g/mol. The Morgan fingerprint density at radius 3 is 2.52 bits per heavy atom. The molecule has 4 nitrogen and oxygen atoms in total. The molecule has 0 aromatic heterocycles. The lowest BCUT2D eigenvalue weighted by atomic mass is 10.1. The van der Waals surface area contributed by atoms with Crippen molar-refractivity contribution in [2.45, 2.75) is 13.0 Å². The van der Waals surface area contributed by atoms with Crippen molar-refractivity contribution in [3.8, 4) is 5.75 Å². The number of hydrogen-bond acceptors (Lipinski definition) is 3. The van der Waals surface area contributed by atoms with Crippen molar-refractivity contribution < 1.29 is 28.2 Å². The molecule has 1 N–H and O–H groups in total. The molecule has 0 aliphatic rings. The Labute approximate surface area is 132 Å². The van der Waals surface area contributed by atoms with Crippen molar-refractivity contribution in [3.05, 3.63) is 65.2 Å². The average Bonchev–Trinajstić information content (AvgIpc) is 2.53. The summed E-state index contributed by atoms with van der Waals surface area (Å²) in [6.07, 6.45) is 0.575. The second-order valence-electron chi connectivity index (χ2n) is 4.86.